The van der Waals surface area contributed by atoms with E-state index < -0.39 is 24.0 Å². The van der Waals surface area contributed by atoms with Crippen molar-refractivity contribution in [1.82, 2.24) is 4.57 Å². The highest BCUT2D eigenvalue weighted by Gasteiger charge is 2.42. The van der Waals surface area contributed by atoms with E-state index in [0.717, 1.165) is 27.9 Å². The van der Waals surface area contributed by atoms with E-state index in [0.29, 0.717) is 30.2 Å². The van der Waals surface area contributed by atoms with Crippen molar-refractivity contribution in [2.75, 3.05) is 7.11 Å². The molecule has 3 aromatic rings. The van der Waals surface area contributed by atoms with Gasteiger partial charge in [0.2, 0.25) is 0 Å². The summed E-state index contributed by atoms with van der Waals surface area (Å²) >= 11 is 0. The quantitative estimate of drug-likeness (QED) is 0.337. The normalized spacial score (nSPS) is 17.7. The number of alkyl halides is 3. The van der Waals surface area contributed by atoms with E-state index in [1.165, 1.54) is 13.0 Å². The first-order valence-corrected chi connectivity index (χ1v) is 12.2. The molecule has 202 valence electrons. The molecule has 1 heterocycles. The third-order valence-corrected chi connectivity index (χ3v) is 6.69. The molecule has 1 aliphatic carbocycles. The molecule has 1 aliphatic rings. The van der Waals surface area contributed by atoms with E-state index in [9.17, 15) is 23.1 Å². The Morgan fingerprint density at radius 2 is 1.87 bits per heavy atom. The van der Waals surface area contributed by atoms with Gasteiger partial charge in [0.05, 0.1) is 12.7 Å². The Labute approximate surface area is 219 Å². The highest BCUT2D eigenvalue weighted by atomic mass is 19.4. The van der Waals surface area contributed by atoms with Gasteiger partial charge in [0.25, 0.3) is 0 Å². The third kappa shape index (κ3) is 5.88. The van der Waals surface area contributed by atoms with E-state index in [1.54, 1.807) is 38.3 Å². The fourth-order valence-corrected chi connectivity index (χ4v) is 4.89. The molecule has 0 radical (unpaired) electrons. The number of nitrogens with zero attached hydrogens (tertiary/aromatic N) is 1. The summed E-state index contributed by atoms with van der Waals surface area (Å²) in [5.74, 6) is 0.0639. The van der Waals surface area contributed by atoms with E-state index >= 15 is 0 Å². The van der Waals surface area contributed by atoms with Gasteiger partial charge in [-0.15, -0.1) is 13.2 Å². The number of aromatic nitrogens is 1. The van der Waals surface area contributed by atoms with Crippen LogP contribution in [0.2, 0.25) is 0 Å². The van der Waals surface area contributed by atoms with Gasteiger partial charge in [-0.2, -0.15) is 0 Å². The van der Waals surface area contributed by atoms with Crippen molar-refractivity contribution in [2.45, 2.75) is 58.2 Å². The summed E-state index contributed by atoms with van der Waals surface area (Å²) in [6.45, 7) is 5.43. The summed E-state index contributed by atoms with van der Waals surface area (Å²) in [6, 6.07) is 14.6. The Morgan fingerprint density at radius 1 is 1.16 bits per heavy atom. The van der Waals surface area contributed by atoms with Crippen LogP contribution in [0.1, 0.15) is 42.8 Å². The second-order valence-electron chi connectivity index (χ2n) is 9.51. The van der Waals surface area contributed by atoms with Crippen molar-refractivity contribution in [1.29, 1.82) is 0 Å². The van der Waals surface area contributed by atoms with Crippen LogP contribution in [0.4, 0.5) is 13.2 Å². The first-order chi connectivity index (χ1) is 17.9. The van der Waals surface area contributed by atoms with Gasteiger partial charge < -0.3 is 19.1 Å². The molecule has 2 unspecified atom stereocenters. The average molecular weight is 530 g/mol. The zero-order valence-electron chi connectivity index (χ0n) is 21.6. The lowest BCUT2D eigenvalue weighted by molar-refractivity contribution is -0.355. The number of carbonyl (C=O) groups is 1. The molecular formula is C29H30F3NO5. The van der Waals surface area contributed by atoms with Gasteiger partial charge in [-0.1, -0.05) is 43.3 Å². The third-order valence-electron chi connectivity index (χ3n) is 6.69. The fourth-order valence-electron chi connectivity index (χ4n) is 4.89. The predicted octanol–water partition coefficient (Wildman–Crippen LogP) is 6.63. The molecule has 6 nitrogen and oxygen atoms in total. The number of rotatable bonds is 9. The molecule has 9 heteroatoms. The van der Waals surface area contributed by atoms with Crippen molar-refractivity contribution in [3.63, 3.8) is 0 Å². The van der Waals surface area contributed by atoms with E-state index in [1.807, 2.05) is 41.8 Å². The second-order valence-corrected chi connectivity index (χ2v) is 9.51. The van der Waals surface area contributed by atoms with E-state index in [2.05, 4.69) is 4.74 Å². The molecule has 0 aliphatic heterocycles. The molecular weight excluding hydrogens is 499 g/mol. The molecule has 0 amide bonds. The standard InChI is InChI=1S/C29H30F3NO5/c1-5-25(27(34)35)37-22-8-6-7-19(15-22)17-33-18(2)26(20-9-11-21(36-4)12-10-20)23-13-14-28(3,16-24(23)33)38-29(30,31)32/h6-15,25H,5,16-17H2,1-4H3,(H,34,35). The predicted molar refractivity (Wildman–Crippen MR) is 137 cm³/mol. The van der Waals surface area contributed by atoms with Crippen LogP contribution in [-0.4, -0.2) is 40.8 Å². The van der Waals surface area contributed by atoms with Gasteiger partial charge in [-0.05, 0) is 55.7 Å². The van der Waals surface area contributed by atoms with Crippen LogP contribution in [0.25, 0.3) is 17.2 Å². The van der Waals surface area contributed by atoms with E-state index in [4.69, 9.17) is 9.47 Å². The summed E-state index contributed by atoms with van der Waals surface area (Å²) in [7, 11) is 1.58. The molecule has 38 heavy (non-hydrogen) atoms. The smallest absolute Gasteiger partial charge is 0.497 e. The van der Waals surface area contributed by atoms with Crippen molar-refractivity contribution in [3.05, 3.63) is 77.1 Å². The molecule has 0 saturated heterocycles. The lowest BCUT2D eigenvalue weighted by atomic mass is 9.88. The number of methoxy groups -OCH3 is 1. The Balaban J connectivity index is 1.77. The summed E-state index contributed by atoms with van der Waals surface area (Å²) in [6.07, 6.45) is -2.27. The number of hydrogen-bond acceptors (Lipinski definition) is 4. The zero-order chi connectivity index (χ0) is 27.7. The lowest BCUT2D eigenvalue weighted by Crippen LogP contribution is -2.37. The Bertz CT molecular complexity index is 1340. The number of benzene rings is 2. The monoisotopic (exact) mass is 529 g/mol. The van der Waals surface area contributed by atoms with Crippen LogP contribution < -0.4 is 9.47 Å². The van der Waals surface area contributed by atoms with Crippen LogP contribution >= 0.6 is 0 Å². The highest BCUT2D eigenvalue weighted by Crippen LogP contribution is 2.41. The molecule has 0 fully saturated rings. The molecule has 4 rings (SSSR count). The maximum absolute atomic E-state index is 13.2. The molecule has 2 aromatic carbocycles. The Kier molecular flexibility index (Phi) is 7.60. The minimum absolute atomic E-state index is 0.0163. The molecule has 2 atom stereocenters. The minimum atomic E-state index is -4.78. The summed E-state index contributed by atoms with van der Waals surface area (Å²) in [5, 5.41) is 9.35. The first-order valence-electron chi connectivity index (χ1n) is 12.2. The number of fused-ring (bicyclic) bond motifs is 1. The molecule has 1 N–H and O–H groups in total. The molecule has 0 spiro atoms. The van der Waals surface area contributed by atoms with Gasteiger partial charge >= 0.3 is 12.3 Å². The van der Waals surface area contributed by atoms with Gasteiger partial charge in [-0.3, -0.25) is 4.74 Å². The number of carboxylic acid groups (broad SMARTS) is 1. The van der Waals surface area contributed by atoms with Crippen molar-refractivity contribution >= 4 is 12.0 Å². The average Bonchev–Trinajstić information content (AvgIpc) is 3.11. The van der Waals surface area contributed by atoms with Crippen LogP contribution in [0.15, 0.2) is 54.6 Å². The SMILES string of the molecule is CCC(Oc1cccc(Cn2c(C)c(-c3ccc(OC)cc3)c3c2CC(C)(OC(F)(F)F)C=C3)c1)C(=O)O. The maximum Gasteiger partial charge on any atom is 0.523 e. The first kappa shape index (κ1) is 27.3. The van der Waals surface area contributed by atoms with E-state index in [-0.39, 0.29) is 6.42 Å². The molecule has 0 saturated carbocycles. The minimum Gasteiger partial charge on any atom is -0.497 e. The van der Waals surface area contributed by atoms with Crippen LogP contribution in [0, 0.1) is 6.92 Å². The number of hydrogen-bond donors (Lipinski definition) is 1. The summed E-state index contributed by atoms with van der Waals surface area (Å²) in [4.78, 5) is 11.4. The largest absolute Gasteiger partial charge is 0.523 e. The van der Waals surface area contributed by atoms with Crippen LogP contribution in [-0.2, 0) is 22.5 Å². The maximum atomic E-state index is 13.2. The van der Waals surface area contributed by atoms with Gasteiger partial charge in [-0.25, -0.2) is 4.79 Å². The van der Waals surface area contributed by atoms with Gasteiger partial charge in [0, 0.05) is 35.5 Å². The zero-order valence-corrected chi connectivity index (χ0v) is 21.6. The van der Waals surface area contributed by atoms with Gasteiger partial charge in [0.1, 0.15) is 11.5 Å². The number of aliphatic carboxylic acids is 1. The number of carboxylic acids is 1. The lowest BCUT2D eigenvalue weighted by Gasteiger charge is -2.31. The second kappa shape index (κ2) is 10.6. The van der Waals surface area contributed by atoms with Crippen molar-refractivity contribution < 1.29 is 37.3 Å². The van der Waals surface area contributed by atoms with Gasteiger partial charge in [0.15, 0.2) is 6.10 Å². The Morgan fingerprint density at radius 3 is 2.47 bits per heavy atom. The topological polar surface area (TPSA) is 69.9 Å². The molecule has 1 aromatic heterocycles. The molecule has 0 bridgehead atoms. The van der Waals surface area contributed by atoms with Crippen molar-refractivity contribution in [3.8, 4) is 22.6 Å². The summed E-state index contributed by atoms with van der Waals surface area (Å²) < 4.78 is 57.1. The van der Waals surface area contributed by atoms with Crippen LogP contribution in [0.3, 0.4) is 0 Å². The van der Waals surface area contributed by atoms with Crippen LogP contribution in [0.5, 0.6) is 11.5 Å². The summed E-state index contributed by atoms with van der Waals surface area (Å²) in [5.41, 5.74) is 3.50. The fraction of sp³-hybridized carbons (Fsp3) is 0.345. The Hall–Kier alpha value is -3.72. The number of ether oxygens (including phenoxy) is 3. The highest BCUT2D eigenvalue weighted by molar-refractivity contribution is 5.81. The van der Waals surface area contributed by atoms with Crippen molar-refractivity contribution in [2.24, 2.45) is 0 Å². The number of halogens is 3.